The van der Waals surface area contributed by atoms with Crippen LogP contribution in [-0.4, -0.2) is 14.5 Å². The van der Waals surface area contributed by atoms with Crippen molar-refractivity contribution in [3.63, 3.8) is 0 Å². The molecule has 114 valence electrons. The lowest BCUT2D eigenvalue weighted by Crippen LogP contribution is -2.05. The van der Waals surface area contributed by atoms with E-state index in [0.717, 1.165) is 16.2 Å². The number of anilines is 1. The van der Waals surface area contributed by atoms with Gasteiger partial charge in [-0.3, -0.25) is 4.40 Å². The minimum atomic E-state index is 0.0145. The molecule has 3 aromatic rings. The van der Waals surface area contributed by atoms with Crippen LogP contribution in [0.5, 0.6) is 0 Å². The fraction of sp³-hybridized carbons (Fsp3) is 0.312. The topological polar surface area (TPSA) is 49.6 Å². The highest BCUT2D eigenvalue weighted by molar-refractivity contribution is 7.15. The number of hydrogen-bond donors (Lipinski definition) is 2. The van der Waals surface area contributed by atoms with E-state index < -0.39 is 0 Å². The van der Waals surface area contributed by atoms with Gasteiger partial charge >= 0.3 is 0 Å². The Morgan fingerprint density at radius 2 is 2.27 bits per heavy atom. The lowest BCUT2D eigenvalue weighted by molar-refractivity contribution is 0.282. The average Bonchev–Trinajstić information content (AvgIpc) is 3.17. The van der Waals surface area contributed by atoms with Crippen LogP contribution in [-0.2, 0) is 13.2 Å². The van der Waals surface area contributed by atoms with Crippen LogP contribution in [0.15, 0.2) is 29.8 Å². The number of nitrogens with zero attached hydrogens (tertiary/aromatic N) is 2. The summed E-state index contributed by atoms with van der Waals surface area (Å²) in [6.07, 6.45) is 4.54. The number of aliphatic hydroxyl groups is 1. The van der Waals surface area contributed by atoms with Crippen LogP contribution in [0.4, 0.5) is 5.69 Å². The van der Waals surface area contributed by atoms with Gasteiger partial charge in [-0.2, -0.15) is 0 Å². The monoisotopic (exact) mass is 333 g/mol. The van der Waals surface area contributed by atoms with Gasteiger partial charge < -0.3 is 10.4 Å². The van der Waals surface area contributed by atoms with Crippen molar-refractivity contribution >= 4 is 33.6 Å². The van der Waals surface area contributed by atoms with Crippen LogP contribution < -0.4 is 5.32 Å². The summed E-state index contributed by atoms with van der Waals surface area (Å²) >= 11 is 7.90. The van der Waals surface area contributed by atoms with Gasteiger partial charge in [-0.25, -0.2) is 4.98 Å². The molecule has 0 radical (unpaired) electrons. The minimum absolute atomic E-state index is 0.0145. The second-order valence-corrected chi connectivity index (χ2v) is 6.88. The molecule has 0 unspecified atom stereocenters. The van der Waals surface area contributed by atoms with Gasteiger partial charge in [0.2, 0.25) is 0 Å². The number of nitrogens with one attached hydrogen (secondary N) is 1. The largest absolute Gasteiger partial charge is 0.392 e. The Balaban J connectivity index is 1.63. The van der Waals surface area contributed by atoms with Crippen molar-refractivity contribution in [2.24, 2.45) is 0 Å². The molecule has 1 aromatic carbocycles. The number of aromatic nitrogens is 2. The van der Waals surface area contributed by atoms with E-state index in [1.807, 2.05) is 18.2 Å². The van der Waals surface area contributed by atoms with E-state index in [1.165, 1.54) is 24.2 Å². The molecule has 1 aliphatic carbocycles. The first-order chi connectivity index (χ1) is 10.8. The normalized spacial score (nSPS) is 14.6. The Morgan fingerprint density at radius 3 is 3.05 bits per heavy atom. The van der Waals surface area contributed by atoms with Crippen molar-refractivity contribution in [2.45, 2.75) is 31.9 Å². The van der Waals surface area contributed by atoms with Crippen LogP contribution in [0.25, 0.3) is 4.96 Å². The standard InChI is InChI=1S/C16H16ClN3OS/c17-12-4-1-10(9-21)7-13(12)18-8-14-15(11-2-3-11)19-16-20(14)5-6-22-16/h1,4-7,11,18,21H,2-3,8-9H2. The summed E-state index contributed by atoms with van der Waals surface area (Å²) in [4.78, 5) is 5.82. The maximum Gasteiger partial charge on any atom is 0.194 e. The number of aliphatic hydroxyl groups excluding tert-OH is 1. The third-order valence-corrected chi connectivity index (χ3v) is 5.10. The predicted molar refractivity (Wildman–Crippen MR) is 89.7 cm³/mol. The van der Waals surface area contributed by atoms with Crippen molar-refractivity contribution in [3.05, 3.63) is 51.7 Å². The number of hydrogen-bond acceptors (Lipinski definition) is 4. The number of rotatable bonds is 5. The fourth-order valence-electron chi connectivity index (χ4n) is 2.69. The van der Waals surface area contributed by atoms with Crippen molar-refractivity contribution < 1.29 is 5.11 Å². The molecule has 1 saturated carbocycles. The Bertz CT molecular complexity index is 822. The maximum atomic E-state index is 9.26. The molecule has 4 nitrogen and oxygen atoms in total. The molecular weight excluding hydrogens is 318 g/mol. The summed E-state index contributed by atoms with van der Waals surface area (Å²) < 4.78 is 2.16. The van der Waals surface area contributed by atoms with Gasteiger partial charge in [0.05, 0.1) is 35.2 Å². The molecule has 22 heavy (non-hydrogen) atoms. The summed E-state index contributed by atoms with van der Waals surface area (Å²) in [5, 5.41) is 15.4. The van der Waals surface area contributed by atoms with Crippen molar-refractivity contribution in [2.75, 3.05) is 5.32 Å². The highest BCUT2D eigenvalue weighted by atomic mass is 35.5. The smallest absolute Gasteiger partial charge is 0.194 e. The number of fused-ring (bicyclic) bond motifs is 1. The van der Waals surface area contributed by atoms with Gasteiger partial charge in [0.1, 0.15) is 0 Å². The highest BCUT2D eigenvalue weighted by Crippen LogP contribution is 2.42. The molecule has 2 heterocycles. The molecule has 6 heteroatoms. The lowest BCUT2D eigenvalue weighted by Gasteiger charge is -2.10. The van der Waals surface area contributed by atoms with Gasteiger partial charge in [0, 0.05) is 17.5 Å². The molecule has 1 aliphatic rings. The average molecular weight is 334 g/mol. The van der Waals surface area contributed by atoms with E-state index in [9.17, 15) is 5.11 Å². The predicted octanol–water partition coefficient (Wildman–Crippen LogP) is 4.03. The van der Waals surface area contributed by atoms with Gasteiger partial charge in [-0.05, 0) is 30.5 Å². The van der Waals surface area contributed by atoms with E-state index >= 15 is 0 Å². The zero-order valence-corrected chi connectivity index (χ0v) is 13.5. The van der Waals surface area contributed by atoms with Gasteiger partial charge in [-0.15, -0.1) is 11.3 Å². The Hall–Kier alpha value is -1.56. The van der Waals surface area contributed by atoms with Crippen molar-refractivity contribution in [1.82, 2.24) is 9.38 Å². The molecular formula is C16H16ClN3OS. The number of benzene rings is 1. The lowest BCUT2D eigenvalue weighted by atomic mass is 10.2. The zero-order chi connectivity index (χ0) is 15.1. The van der Waals surface area contributed by atoms with Gasteiger partial charge in [0.25, 0.3) is 0 Å². The molecule has 4 rings (SSSR count). The van der Waals surface area contributed by atoms with Gasteiger partial charge in [-0.1, -0.05) is 17.7 Å². The van der Waals surface area contributed by atoms with Crippen LogP contribution in [0, 0.1) is 0 Å². The van der Waals surface area contributed by atoms with E-state index in [0.29, 0.717) is 17.5 Å². The minimum Gasteiger partial charge on any atom is -0.392 e. The van der Waals surface area contributed by atoms with Gasteiger partial charge in [0.15, 0.2) is 4.96 Å². The first-order valence-corrected chi connectivity index (χ1v) is 8.59. The number of imidazole rings is 1. The van der Waals surface area contributed by atoms with Crippen LogP contribution in [0.3, 0.4) is 0 Å². The van der Waals surface area contributed by atoms with E-state index in [1.54, 1.807) is 11.3 Å². The van der Waals surface area contributed by atoms with Crippen LogP contribution in [0.2, 0.25) is 5.02 Å². The summed E-state index contributed by atoms with van der Waals surface area (Å²) in [5.41, 5.74) is 4.13. The molecule has 0 amide bonds. The SMILES string of the molecule is OCc1ccc(Cl)c(NCc2c(C3CC3)nc3sccn23)c1. The third-order valence-electron chi connectivity index (χ3n) is 4.02. The second-order valence-electron chi connectivity index (χ2n) is 5.60. The number of halogens is 1. The van der Waals surface area contributed by atoms with E-state index in [4.69, 9.17) is 16.6 Å². The summed E-state index contributed by atoms with van der Waals surface area (Å²) in [6, 6.07) is 5.54. The van der Waals surface area contributed by atoms with Crippen LogP contribution >= 0.6 is 22.9 Å². The third kappa shape index (κ3) is 2.49. The van der Waals surface area contributed by atoms with Crippen molar-refractivity contribution in [1.29, 1.82) is 0 Å². The first-order valence-electron chi connectivity index (χ1n) is 7.33. The fourth-order valence-corrected chi connectivity index (χ4v) is 3.62. The zero-order valence-electron chi connectivity index (χ0n) is 11.9. The Kier molecular flexibility index (Phi) is 3.56. The Morgan fingerprint density at radius 1 is 1.41 bits per heavy atom. The Labute approximate surface area is 137 Å². The highest BCUT2D eigenvalue weighted by Gasteiger charge is 2.30. The molecule has 2 N–H and O–H groups in total. The van der Waals surface area contributed by atoms with Crippen molar-refractivity contribution in [3.8, 4) is 0 Å². The molecule has 0 aliphatic heterocycles. The quantitative estimate of drug-likeness (QED) is 0.741. The second kappa shape index (κ2) is 5.57. The molecule has 0 bridgehead atoms. The summed E-state index contributed by atoms with van der Waals surface area (Å²) in [7, 11) is 0. The summed E-state index contributed by atoms with van der Waals surface area (Å²) in [6.45, 7) is 0.693. The maximum absolute atomic E-state index is 9.26. The number of thiazole rings is 1. The molecule has 0 atom stereocenters. The molecule has 1 fully saturated rings. The summed E-state index contributed by atoms with van der Waals surface area (Å²) in [5.74, 6) is 0.614. The first kappa shape index (κ1) is 14.1. The molecule has 2 aromatic heterocycles. The van der Waals surface area contributed by atoms with E-state index in [2.05, 4.69) is 21.3 Å². The van der Waals surface area contributed by atoms with Crippen LogP contribution in [0.1, 0.15) is 35.7 Å². The molecule has 0 spiro atoms. The molecule has 0 saturated heterocycles. The van der Waals surface area contributed by atoms with E-state index in [-0.39, 0.29) is 6.61 Å².